The molecular weight excluding hydrogens is 288 g/mol. The number of aryl methyl sites for hydroxylation is 1. The van der Waals surface area contributed by atoms with Crippen LogP contribution in [-0.2, 0) is 15.4 Å². The number of hydrogen-bond donors (Lipinski definition) is 0. The van der Waals surface area contributed by atoms with Gasteiger partial charge in [0.15, 0.2) is 0 Å². The molecule has 2 aliphatic heterocycles. The first-order valence-electron chi connectivity index (χ1n) is 7.75. The predicted octanol–water partition coefficient (Wildman–Crippen LogP) is 3.84. The average molecular weight is 311 g/mol. The molecule has 1 aromatic rings. The number of hydrogen-bond acceptors (Lipinski definition) is 3. The van der Waals surface area contributed by atoms with E-state index in [1.807, 2.05) is 6.07 Å². The summed E-state index contributed by atoms with van der Waals surface area (Å²) in [5, 5.41) is 0. The van der Waals surface area contributed by atoms with Crippen molar-refractivity contribution in [2.24, 2.45) is 0 Å². The molecule has 4 heteroatoms. The molecule has 2 fully saturated rings. The molecule has 3 rings (SSSR count). The van der Waals surface area contributed by atoms with Gasteiger partial charge in [-0.2, -0.15) is 0 Å². The SMILES string of the molecule is Cc1ccc(OC2CCOC3(CCOCC3)C2)c(CCl)c1. The Hall–Kier alpha value is -0.770. The first-order chi connectivity index (χ1) is 10.2. The molecule has 0 bridgehead atoms. The molecule has 3 nitrogen and oxygen atoms in total. The summed E-state index contributed by atoms with van der Waals surface area (Å²) >= 11 is 6.04. The quantitative estimate of drug-likeness (QED) is 0.794. The van der Waals surface area contributed by atoms with E-state index in [9.17, 15) is 0 Å². The molecule has 2 heterocycles. The first kappa shape index (κ1) is 15.1. The molecule has 1 unspecified atom stereocenters. The summed E-state index contributed by atoms with van der Waals surface area (Å²) in [5.74, 6) is 1.41. The van der Waals surface area contributed by atoms with E-state index in [4.69, 9.17) is 25.8 Å². The van der Waals surface area contributed by atoms with Crippen molar-refractivity contribution in [1.29, 1.82) is 0 Å². The Balaban J connectivity index is 1.70. The summed E-state index contributed by atoms with van der Waals surface area (Å²) in [6, 6.07) is 6.22. The van der Waals surface area contributed by atoms with Crippen LogP contribution in [0, 0.1) is 6.92 Å². The molecule has 0 radical (unpaired) electrons. The molecule has 0 aromatic heterocycles. The molecule has 0 aliphatic carbocycles. The normalized spacial score (nSPS) is 25.0. The second kappa shape index (κ2) is 6.55. The summed E-state index contributed by atoms with van der Waals surface area (Å²) in [6.45, 7) is 4.44. The third-order valence-electron chi connectivity index (χ3n) is 4.51. The lowest BCUT2D eigenvalue weighted by Crippen LogP contribution is -2.47. The number of alkyl halides is 1. The van der Waals surface area contributed by atoms with Gasteiger partial charge in [0.2, 0.25) is 0 Å². The van der Waals surface area contributed by atoms with E-state index in [2.05, 4.69) is 19.1 Å². The topological polar surface area (TPSA) is 27.7 Å². The summed E-state index contributed by atoms with van der Waals surface area (Å²) in [7, 11) is 0. The van der Waals surface area contributed by atoms with Gasteiger partial charge in [-0.3, -0.25) is 0 Å². The standard InChI is InChI=1S/C17H23ClO3/c1-13-2-3-16(14(10-13)12-18)21-15-4-7-20-17(11-15)5-8-19-9-6-17/h2-3,10,15H,4-9,11-12H2,1H3. The van der Waals surface area contributed by atoms with Crippen molar-refractivity contribution in [2.45, 2.75) is 50.2 Å². The molecule has 1 aromatic carbocycles. The lowest BCUT2D eigenvalue weighted by Gasteiger charge is -2.43. The van der Waals surface area contributed by atoms with Crippen LogP contribution in [0.4, 0.5) is 0 Å². The van der Waals surface area contributed by atoms with Gasteiger partial charge < -0.3 is 14.2 Å². The van der Waals surface area contributed by atoms with Crippen LogP contribution >= 0.6 is 11.6 Å². The maximum Gasteiger partial charge on any atom is 0.124 e. The van der Waals surface area contributed by atoms with Gasteiger partial charge in [0.1, 0.15) is 11.9 Å². The van der Waals surface area contributed by atoms with E-state index in [-0.39, 0.29) is 11.7 Å². The van der Waals surface area contributed by atoms with Crippen LogP contribution in [0.2, 0.25) is 0 Å². The molecule has 2 aliphatic rings. The van der Waals surface area contributed by atoms with Crippen LogP contribution in [0.5, 0.6) is 5.75 Å². The number of ether oxygens (including phenoxy) is 3. The van der Waals surface area contributed by atoms with Crippen molar-refractivity contribution in [3.05, 3.63) is 29.3 Å². The summed E-state index contributed by atoms with van der Waals surface area (Å²) < 4.78 is 17.8. The zero-order chi connectivity index (χ0) is 14.7. The molecule has 2 saturated heterocycles. The molecule has 0 N–H and O–H groups in total. The van der Waals surface area contributed by atoms with Gasteiger partial charge >= 0.3 is 0 Å². The lowest BCUT2D eigenvalue weighted by molar-refractivity contribution is -0.155. The highest BCUT2D eigenvalue weighted by Crippen LogP contribution is 2.36. The fourth-order valence-corrected chi connectivity index (χ4v) is 3.49. The Bertz CT molecular complexity index is 477. The monoisotopic (exact) mass is 310 g/mol. The third kappa shape index (κ3) is 3.53. The van der Waals surface area contributed by atoms with Crippen molar-refractivity contribution < 1.29 is 14.2 Å². The molecule has 0 saturated carbocycles. The Kier molecular flexibility index (Phi) is 4.72. The van der Waals surface area contributed by atoms with Crippen LogP contribution in [0.3, 0.4) is 0 Å². The zero-order valence-electron chi connectivity index (χ0n) is 12.6. The van der Waals surface area contributed by atoms with Crippen LogP contribution < -0.4 is 4.74 Å². The fraction of sp³-hybridized carbons (Fsp3) is 0.647. The maximum absolute atomic E-state index is 6.25. The molecule has 21 heavy (non-hydrogen) atoms. The predicted molar refractivity (Wildman–Crippen MR) is 83.1 cm³/mol. The summed E-state index contributed by atoms with van der Waals surface area (Å²) in [6.07, 6.45) is 4.05. The van der Waals surface area contributed by atoms with Gasteiger partial charge in [-0.15, -0.1) is 11.6 Å². The Labute approximate surface area is 131 Å². The van der Waals surface area contributed by atoms with E-state index in [0.29, 0.717) is 5.88 Å². The highest BCUT2D eigenvalue weighted by Gasteiger charge is 2.39. The average Bonchev–Trinajstić information content (AvgIpc) is 2.50. The lowest BCUT2D eigenvalue weighted by atomic mass is 9.85. The Morgan fingerprint density at radius 3 is 2.86 bits per heavy atom. The van der Waals surface area contributed by atoms with Crippen molar-refractivity contribution >= 4 is 11.6 Å². The molecule has 1 spiro atoms. The second-order valence-corrected chi connectivity index (χ2v) is 6.39. The fourth-order valence-electron chi connectivity index (χ4n) is 3.28. The van der Waals surface area contributed by atoms with Gasteiger partial charge in [0.25, 0.3) is 0 Å². The van der Waals surface area contributed by atoms with E-state index >= 15 is 0 Å². The second-order valence-electron chi connectivity index (χ2n) is 6.12. The van der Waals surface area contributed by atoms with Crippen LogP contribution in [0.15, 0.2) is 18.2 Å². The van der Waals surface area contributed by atoms with Crippen molar-refractivity contribution in [3.8, 4) is 5.75 Å². The maximum atomic E-state index is 6.25. The van der Waals surface area contributed by atoms with Gasteiger partial charge in [0.05, 0.1) is 18.1 Å². The number of halogens is 1. The largest absolute Gasteiger partial charge is 0.490 e. The Morgan fingerprint density at radius 2 is 2.10 bits per heavy atom. The van der Waals surface area contributed by atoms with Gasteiger partial charge in [0, 0.05) is 31.6 Å². The smallest absolute Gasteiger partial charge is 0.124 e. The highest BCUT2D eigenvalue weighted by molar-refractivity contribution is 6.17. The van der Waals surface area contributed by atoms with Gasteiger partial charge in [-0.05, 0) is 25.8 Å². The molecule has 0 amide bonds. The van der Waals surface area contributed by atoms with E-state index in [1.165, 1.54) is 5.56 Å². The third-order valence-corrected chi connectivity index (χ3v) is 4.79. The Morgan fingerprint density at radius 1 is 1.29 bits per heavy atom. The highest BCUT2D eigenvalue weighted by atomic mass is 35.5. The van der Waals surface area contributed by atoms with Crippen molar-refractivity contribution in [3.63, 3.8) is 0 Å². The first-order valence-corrected chi connectivity index (χ1v) is 8.28. The summed E-state index contributed by atoms with van der Waals surface area (Å²) in [4.78, 5) is 0. The minimum Gasteiger partial charge on any atom is -0.490 e. The molecule has 1 atom stereocenters. The van der Waals surface area contributed by atoms with E-state index in [1.54, 1.807) is 0 Å². The van der Waals surface area contributed by atoms with E-state index < -0.39 is 0 Å². The number of benzene rings is 1. The van der Waals surface area contributed by atoms with Gasteiger partial charge in [-0.25, -0.2) is 0 Å². The van der Waals surface area contributed by atoms with Crippen LogP contribution in [-0.4, -0.2) is 31.5 Å². The van der Waals surface area contributed by atoms with E-state index in [0.717, 1.165) is 56.8 Å². The van der Waals surface area contributed by atoms with Crippen LogP contribution in [0.1, 0.15) is 36.8 Å². The molecular formula is C17H23ClO3. The molecule has 116 valence electrons. The summed E-state index contributed by atoms with van der Waals surface area (Å²) in [5.41, 5.74) is 2.25. The van der Waals surface area contributed by atoms with Gasteiger partial charge in [-0.1, -0.05) is 17.7 Å². The zero-order valence-corrected chi connectivity index (χ0v) is 13.3. The van der Waals surface area contributed by atoms with Crippen LogP contribution in [0.25, 0.3) is 0 Å². The van der Waals surface area contributed by atoms with Crippen molar-refractivity contribution in [1.82, 2.24) is 0 Å². The van der Waals surface area contributed by atoms with Crippen molar-refractivity contribution in [2.75, 3.05) is 19.8 Å². The minimum absolute atomic E-state index is 0.0347. The number of rotatable bonds is 3. The minimum atomic E-state index is -0.0347.